The average molecular weight is 379 g/mol. The number of anilines is 1. The van der Waals surface area contributed by atoms with Crippen LogP contribution in [0.15, 0.2) is 47.3 Å². The molecule has 0 bridgehead atoms. The van der Waals surface area contributed by atoms with Gasteiger partial charge in [-0.3, -0.25) is 14.2 Å². The minimum atomic E-state index is -0.381. The number of nitrogens with one attached hydrogen (secondary N) is 1. The number of amides is 1. The fraction of sp³-hybridized carbons (Fsp3) is 0.227. The first-order chi connectivity index (χ1) is 13.2. The summed E-state index contributed by atoms with van der Waals surface area (Å²) in [5.41, 5.74) is 4.54. The third kappa shape index (κ3) is 4.17. The first kappa shape index (κ1) is 19.5. The van der Waals surface area contributed by atoms with Crippen molar-refractivity contribution in [3.63, 3.8) is 0 Å². The number of aromatic nitrogens is 2. The van der Waals surface area contributed by atoms with E-state index >= 15 is 0 Å². The second kappa shape index (κ2) is 7.76. The van der Waals surface area contributed by atoms with Gasteiger partial charge in [0.1, 0.15) is 18.2 Å². The third-order valence-corrected chi connectivity index (χ3v) is 4.48. The van der Waals surface area contributed by atoms with Crippen molar-refractivity contribution in [3.8, 4) is 11.4 Å². The third-order valence-electron chi connectivity index (χ3n) is 4.48. The summed E-state index contributed by atoms with van der Waals surface area (Å²) in [7, 11) is 0. The zero-order chi connectivity index (χ0) is 20.4. The second-order valence-corrected chi connectivity index (χ2v) is 6.97. The van der Waals surface area contributed by atoms with E-state index in [1.165, 1.54) is 22.8 Å². The Morgan fingerprint density at radius 1 is 1.04 bits per heavy atom. The van der Waals surface area contributed by atoms with E-state index in [1.54, 1.807) is 19.1 Å². The van der Waals surface area contributed by atoms with Crippen LogP contribution in [-0.4, -0.2) is 15.5 Å². The molecule has 5 nitrogen and oxygen atoms in total. The summed E-state index contributed by atoms with van der Waals surface area (Å²) < 4.78 is 14.6. The molecule has 0 aliphatic rings. The van der Waals surface area contributed by atoms with Gasteiger partial charge in [-0.1, -0.05) is 17.7 Å². The molecular weight excluding hydrogens is 357 g/mol. The SMILES string of the molecule is Cc1cc(C)c(NC(=O)Cn2c(-c3ccc(F)cc3)nc(C)cc2=O)c(C)c1. The van der Waals surface area contributed by atoms with E-state index in [9.17, 15) is 14.0 Å². The van der Waals surface area contributed by atoms with E-state index in [4.69, 9.17) is 0 Å². The van der Waals surface area contributed by atoms with Crippen molar-refractivity contribution >= 4 is 11.6 Å². The number of hydrogen-bond donors (Lipinski definition) is 1. The quantitative estimate of drug-likeness (QED) is 0.747. The molecule has 2 aromatic carbocycles. The molecule has 0 aliphatic carbocycles. The molecule has 0 unspecified atom stereocenters. The molecule has 1 heterocycles. The first-order valence-corrected chi connectivity index (χ1v) is 8.96. The fourth-order valence-electron chi connectivity index (χ4n) is 3.29. The van der Waals surface area contributed by atoms with Crippen molar-refractivity contribution in [2.24, 2.45) is 0 Å². The summed E-state index contributed by atoms with van der Waals surface area (Å²) in [6.07, 6.45) is 0. The average Bonchev–Trinajstić information content (AvgIpc) is 2.61. The maximum absolute atomic E-state index is 13.3. The Morgan fingerprint density at radius 3 is 2.25 bits per heavy atom. The molecule has 0 fully saturated rings. The molecule has 0 atom stereocenters. The summed E-state index contributed by atoms with van der Waals surface area (Å²) in [6.45, 7) is 7.37. The molecule has 1 N–H and O–H groups in total. The van der Waals surface area contributed by atoms with Gasteiger partial charge >= 0.3 is 0 Å². The molecule has 144 valence electrons. The van der Waals surface area contributed by atoms with Gasteiger partial charge in [0.15, 0.2) is 0 Å². The van der Waals surface area contributed by atoms with E-state index in [-0.39, 0.29) is 23.8 Å². The Labute approximate surface area is 162 Å². The lowest BCUT2D eigenvalue weighted by Crippen LogP contribution is -2.30. The van der Waals surface area contributed by atoms with E-state index < -0.39 is 0 Å². The highest BCUT2D eigenvalue weighted by Crippen LogP contribution is 2.22. The molecule has 0 spiro atoms. The molecule has 1 amide bonds. The molecule has 3 rings (SSSR count). The van der Waals surface area contributed by atoms with Crippen molar-refractivity contribution in [2.75, 3.05) is 5.32 Å². The van der Waals surface area contributed by atoms with Gasteiger partial charge in [0.2, 0.25) is 5.91 Å². The zero-order valence-corrected chi connectivity index (χ0v) is 16.3. The van der Waals surface area contributed by atoms with E-state index in [0.717, 1.165) is 22.4 Å². The van der Waals surface area contributed by atoms with Gasteiger partial charge in [-0.25, -0.2) is 9.37 Å². The Kier molecular flexibility index (Phi) is 5.40. The predicted molar refractivity (Wildman–Crippen MR) is 108 cm³/mol. The van der Waals surface area contributed by atoms with Gasteiger partial charge in [-0.2, -0.15) is 0 Å². The van der Waals surface area contributed by atoms with Crippen molar-refractivity contribution in [2.45, 2.75) is 34.2 Å². The van der Waals surface area contributed by atoms with Gasteiger partial charge in [0.05, 0.1) is 0 Å². The van der Waals surface area contributed by atoms with Crippen LogP contribution in [0.25, 0.3) is 11.4 Å². The molecule has 3 aromatic rings. The summed E-state index contributed by atoms with van der Waals surface area (Å²) in [6, 6.07) is 11.0. The van der Waals surface area contributed by atoms with Crippen LogP contribution in [0.4, 0.5) is 10.1 Å². The Morgan fingerprint density at radius 2 is 1.64 bits per heavy atom. The minimum absolute atomic E-state index is 0.189. The van der Waals surface area contributed by atoms with Crippen LogP contribution in [0.2, 0.25) is 0 Å². The van der Waals surface area contributed by atoms with Crippen molar-refractivity contribution in [1.82, 2.24) is 9.55 Å². The van der Waals surface area contributed by atoms with Crippen LogP contribution < -0.4 is 10.9 Å². The van der Waals surface area contributed by atoms with Crippen molar-refractivity contribution in [1.29, 1.82) is 0 Å². The van der Waals surface area contributed by atoms with Crippen LogP contribution >= 0.6 is 0 Å². The summed E-state index contributed by atoms with van der Waals surface area (Å²) in [5, 5.41) is 2.90. The molecule has 0 radical (unpaired) electrons. The number of aryl methyl sites for hydroxylation is 4. The maximum atomic E-state index is 13.3. The molecule has 0 saturated heterocycles. The predicted octanol–water partition coefficient (Wildman–Crippen LogP) is 3.92. The fourth-order valence-corrected chi connectivity index (χ4v) is 3.29. The lowest BCUT2D eigenvalue weighted by Gasteiger charge is -2.15. The highest BCUT2D eigenvalue weighted by molar-refractivity contribution is 5.92. The highest BCUT2D eigenvalue weighted by atomic mass is 19.1. The van der Waals surface area contributed by atoms with Crippen LogP contribution in [0.3, 0.4) is 0 Å². The smallest absolute Gasteiger partial charge is 0.254 e. The Hall–Kier alpha value is -3.28. The van der Waals surface area contributed by atoms with E-state index in [2.05, 4.69) is 10.3 Å². The maximum Gasteiger partial charge on any atom is 0.254 e. The van der Waals surface area contributed by atoms with Crippen LogP contribution in [0, 0.1) is 33.5 Å². The molecular formula is C22H22FN3O2. The highest BCUT2D eigenvalue weighted by Gasteiger charge is 2.15. The molecule has 0 aliphatic heterocycles. The number of halogens is 1. The molecule has 1 aromatic heterocycles. The van der Waals surface area contributed by atoms with Gasteiger partial charge in [-0.15, -0.1) is 0 Å². The monoisotopic (exact) mass is 379 g/mol. The zero-order valence-electron chi connectivity index (χ0n) is 16.3. The van der Waals surface area contributed by atoms with Gasteiger partial charge in [-0.05, 0) is 63.1 Å². The standard InChI is InChI=1S/C22H22FN3O2/c1-13-9-14(2)21(15(3)10-13)25-19(27)12-26-20(28)11-16(4)24-22(26)17-5-7-18(23)8-6-17/h5-11H,12H2,1-4H3,(H,25,27). The summed E-state index contributed by atoms with van der Waals surface area (Å²) >= 11 is 0. The van der Waals surface area contributed by atoms with Gasteiger partial charge in [0, 0.05) is 23.0 Å². The largest absolute Gasteiger partial charge is 0.324 e. The minimum Gasteiger partial charge on any atom is -0.324 e. The summed E-state index contributed by atoms with van der Waals surface area (Å²) in [4.78, 5) is 29.6. The first-order valence-electron chi connectivity index (χ1n) is 8.96. The van der Waals surface area contributed by atoms with E-state index in [1.807, 2.05) is 32.9 Å². The molecule has 6 heteroatoms. The normalized spacial score (nSPS) is 10.8. The van der Waals surface area contributed by atoms with Gasteiger partial charge in [0.25, 0.3) is 5.56 Å². The second-order valence-electron chi connectivity index (χ2n) is 6.97. The van der Waals surface area contributed by atoms with Crippen molar-refractivity contribution in [3.05, 3.63) is 81.0 Å². The number of hydrogen-bond acceptors (Lipinski definition) is 3. The Bertz CT molecular complexity index is 1080. The number of carbonyl (C=O) groups excluding carboxylic acids is 1. The lowest BCUT2D eigenvalue weighted by atomic mass is 10.1. The van der Waals surface area contributed by atoms with Crippen LogP contribution in [-0.2, 0) is 11.3 Å². The van der Waals surface area contributed by atoms with E-state index in [0.29, 0.717) is 17.1 Å². The van der Waals surface area contributed by atoms with Crippen LogP contribution in [0.1, 0.15) is 22.4 Å². The number of benzene rings is 2. The Balaban J connectivity index is 1.95. The van der Waals surface area contributed by atoms with Crippen LogP contribution in [0.5, 0.6) is 0 Å². The van der Waals surface area contributed by atoms with Crippen molar-refractivity contribution < 1.29 is 9.18 Å². The number of nitrogens with zero attached hydrogens (tertiary/aromatic N) is 2. The molecule has 0 saturated carbocycles. The summed E-state index contributed by atoms with van der Waals surface area (Å²) in [5.74, 6) is -0.378. The number of rotatable bonds is 4. The molecule has 28 heavy (non-hydrogen) atoms. The van der Waals surface area contributed by atoms with Gasteiger partial charge < -0.3 is 5.32 Å². The topological polar surface area (TPSA) is 64.0 Å². The number of carbonyl (C=O) groups is 1. The lowest BCUT2D eigenvalue weighted by molar-refractivity contribution is -0.116.